The van der Waals surface area contributed by atoms with Gasteiger partial charge in [-0.25, -0.2) is 9.48 Å². The summed E-state index contributed by atoms with van der Waals surface area (Å²) in [5.41, 5.74) is -0.821. The van der Waals surface area contributed by atoms with Crippen LogP contribution in [0, 0.1) is 5.92 Å². The molecule has 1 aromatic heterocycles. The second-order valence-corrected chi connectivity index (χ2v) is 7.24. The third-order valence-corrected chi connectivity index (χ3v) is 5.44. The molecule has 0 radical (unpaired) electrons. The van der Waals surface area contributed by atoms with E-state index < -0.39 is 5.54 Å². The van der Waals surface area contributed by atoms with E-state index in [1.165, 1.54) is 11.9 Å². The number of urea groups is 1. The van der Waals surface area contributed by atoms with Crippen LogP contribution in [0.3, 0.4) is 0 Å². The number of piperidine rings is 1. The van der Waals surface area contributed by atoms with E-state index in [0.29, 0.717) is 6.54 Å². The lowest BCUT2D eigenvalue weighted by molar-refractivity contribution is -0.132. The summed E-state index contributed by atoms with van der Waals surface area (Å²) in [4.78, 5) is 27.9. The third-order valence-electron chi connectivity index (χ3n) is 5.44. The molecule has 1 N–H and O–H groups in total. The molecule has 3 heterocycles. The maximum atomic E-state index is 12.5. The summed E-state index contributed by atoms with van der Waals surface area (Å²) in [5, 5.41) is 14.9. The van der Waals surface area contributed by atoms with Gasteiger partial charge in [0, 0.05) is 26.1 Å². The zero-order valence-corrected chi connectivity index (χ0v) is 15.2. The molecule has 0 saturated carbocycles. The van der Waals surface area contributed by atoms with E-state index in [1.807, 2.05) is 11.6 Å². The minimum Gasteiger partial charge on any atom is -0.323 e. The highest BCUT2D eigenvalue weighted by Crippen LogP contribution is 2.32. The number of nitrogens with one attached hydrogen (secondary N) is 1. The van der Waals surface area contributed by atoms with E-state index in [0.717, 1.165) is 51.1 Å². The molecule has 2 saturated heterocycles. The zero-order chi connectivity index (χ0) is 18.0. The summed E-state index contributed by atoms with van der Waals surface area (Å²) in [5.74, 6) is 0.804. The molecule has 3 amide bonds. The van der Waals surface area contributed by atoms with Crippen molar-refractivity contribution in [1.29, 1.82) is 0 Å². The SMILES string of the molecule is CCCCn1nnnc1CN1CCCC(C2(C)NC(=O)N(C)C2=O)C1. The Kier molecular flexibility index (Phi) is 5.03. The average molecular weight is 349 g/mol. The van der Waals surface area contributed by atoms with E-state index in [-0.39, 0.29) is 17.9 Å². The second-order valence-electron chi connectivity index (χ2n) is 7.24. The maximum absolute atomic E-state index is 12.5. The van der Waals surface area contributed by atoms with Crippen LogP contribution in [0.2, 0.25) is 0 Å². The van der Waals surface area contributed by atoms with Crippen LogP contribution >= 0.6 is 0 Å². The van der Waals surface area contributed by atoms with Crippen molar-refractivity contribution in [3.05, 3.63) is 5.82 Å². The topological polar surface area (TPSA) is 96.2 Å². The highest BCUT2D eigenvalue weighted by Gasteiger charge is 2.51. The summed E-state index contributed by atoms with van der Waals surface area (Å²) in [6, 6.07) is -0.312. The number of rotatable bonds is 6. The Morgan fingerprint density at radius 1 is 1.36 bits per heavy atom. The molecule has 1 aromatic rings. The van der Waals surface area contributed by atoms with Crippen molar-refractivity contribution in [1.82, 2.24) is 35.3 Å². The molecule has 2 fully saturated rings. The van der Waals surface area contributed by atoms with Gasteiger partial charge >= 0.3 is 6.03 Å². The molecule has 0 aromatic carbocycles. The molecule has 25 heavy (non-hydrogen) atoms. The lowest BCUT2D eigenvalue weighted by atomic mass is 9.80. The molecular formula is C16H27N7O2. The molecule has 0 spiro atoms. The van der Waals surface area contributed by atoms with Crippen molar-refractivity contribution >= 4 is 11.9 Å². The largest absolute Gasteiger partial charge is 0.324 e. The van der Waals surface area contributed by atoms with Crippen molar-refractivity contribution in [2.24, 2.45) is 5.92 Å². The normalized spacial score (nSPS) is 27.8. The summed E-state index contributed by atoms with van der Waals surface area (Å²) in [6.45, 7) is 7.18. The molecule has 2 atom stereocenters. The first-order valence-electron chi connectivity index (χ1n) is 9.03. The Morgan fingerprint density at radius 2 is 2.16 bits per heavy atom. The van der Waals surface area contributed by atoms with Crippen LogP contribution in [-0.2, 0) is 17.9 Å². The molecule has 0 bridgehead atoms. The first-order valence-corrected chi connectivity index (χ1v) is 9.03. The van der Waals surface area contributed by atoms with Gasteiger partial charge in [-0.05, 0) is 43.2 Å². The Bertz CT molecular complexity index is 646. The number of nitrogens with zero attached hydrogens (tertiary/aromatic N) is 6. The zero-order valence-electron chi connectivity index (χ0n) is 15.2. The maximum Gasteiger partial charge on any atom is 0.324 e. The summed E-state index contributed by atoms with van der Waals surface area (Å²) in [7, 11) is 1.53. The number of carbonyl (C=O) groups excluding carboxylic acids is 2. The number of likely N-dealkylation sites (N-methyl/N-ethyl adjacent to an activating group) is 1. The van der Waals surface area contributed by atoms with Crippen LogP contribution in [0.4, 0.5) is 4.79 Å². The highest BCUT2D eigenvalue weighted by molar-refractivity contribution is 6.06. The number of aromatic nitrogens is 4. The molecule has 138 valence electrons. The molecule has 0 aliphatic carbocycles. The van der Waals surface area contributed by atoms with Crippen LogP contribution in [0.25, 0.3) is 0 Å². The number of carbonyl (C=O) groups is 2. The predicted molar refractivity (Wildman–Crippen MR) is 90.4 cm³/mol. The van der Waals surface area contributed by atoms with Crippen molar-refractivity contribution in [3.63, 3.8) is 0 Å². The van der Waals surface area contributed by atoms with E-state index >= 15 is 0 Å². The highest BCUT2D eigenvalue weighted by atomic mass is 16.2. The van der Waals surface area contributed by atoms with Gasteiger partial charge in [-0.15, -0.1) is 5.10 Å². The van der Waals surface area contributed by atoms with Crippen LogP contribution < -0.4 is 5.32 Å². The summed E-state index contributed by atoms with van der Waals surface area (Å²) in [6.07, 6.45) is 4.06. The molecule has 9 nitrogen and oxygen atoms in total. The summed E-state index contributed by atoms with van der Waals surface area (Å²) < 4.78 is 1.87. The van der Waals surface area contributed by atoms with Gasteiger partial charge in [-0.3, -0.25) is 14.6 Å². The van der Waals surface area contributed by atoms with E-state index in [9.17, 15) is 9.59 Å². The molecule has 2 aliphatic heterocycles. The first-order chi connectivity index (χ1) is 12.0. The van der Waals surface area contributed by atoms with Gasteiger partial charge in [0.2, 0.25) is 0 Å². The van der Waals surface area contributed by atoms with E-state index in [4.69, 9.17) is 0 Å². The lowest BCUT2D eigenvalue weighted by Gasteiger charge is -2.39. The van der Waals surface area contributed by atoms with Crippen LogP contribution in [-0.4, -0.2) is 67.6 Å². The van der Waals surface area contributed by atoms with Gasteiger partial charge in [0.25, 0.3) is 5.91 Å². The predicted octanol–water partition coefficient (Wildman–Crippen LogP) is 0.626. The smallest absolute Gasteiger partial charge is 0.323 e. The molecule has 9 heteroatoms. The van der Waals surface area contributed by atoms with Crippen molar-refractivity contribution in [2.75, 3.05) is 20.1 Å². The lowest BCUT2D eigenvalue weighted by Crippen LogP contribution is -2.55. The first kappa shape index (κ1) is 17.8. The van der Waals surface area contributed by atoms with Gasteiger partial charge in [-0.1, -0.05) is 13.3 Å². The number of tetrazole rings is 1. The van der Waals surface area contributed by atoms with Gasteiger partial charge in [-0.2, -0.15) is 0 Å². The van der Waals surface area contributed by atoms with Crippen LogP contribution in [0.15, 0.2) is 0 Å². The number of likely N-dealkylation sites (tertiary alicyclic amines) is 1. The minimum absolute atomic E-state index is 0.0858. The van der Waals surface area contributed by atoms with Crippen LogP contribution in [0.5, 0.6) is 0 Å². The fourth-order valence-electron chi connectivity index (χ4n) is 3.77. The second kappa shape index (κ2) is 7.07. The molecule has 2 unspecified atom stereocenters. The van der Waals surface area contributed by atoms with Gasteiger partial charge in [0.15, 0.2) is 5.82 Å². The Morgan fingerprint density at radius 3 is 2.84 bits per heavy atom. The third kappa shape index (κ3) is 3.37. The fraction of sp³-hybridized carbons (Fsp3) is 0.812. The summed E-state index contributed by atoms with van der Waals surface area (Å²) >= 11 is 0. The Hall–Kier alpha value is -2.03. The fourth-order valence-corrected chi connectivity index (χ4v) is 3.77. The average Bonchev–Trinajstić information content (AvgIpc) is 3.12. The van der Waals surface area contributed by atoms with Crippen molar-refractivity contribution in [2.45, 2.75) is 58.2 Å². The van der Waals surface area contributed by atoms with Gasteiger partial charge < -0.3 is 5.32 Å². The molecule has 3 rings (SSSR count). The Balaban J connectivity index is 1.67. The Labute approximate surface area is 147 Å². The number of aryl methyl sites for hydroxylation is 1. The van der Waals surface area contributed by atoms with E-state index in [1.54, 1.807) is 0 Å². The minimum atomic E-state index is -0.821. The number of imide groups is 1. The van der Waals surface area contributed by atoms with Crippen LogP contribution in [0.1, 0.15) is 45.4 Å². The number of amides is 3. The van der Waals surface area contributed by atoms with Crippen molar-refractivity contribution < 1.29 is 9.59 Å². The monoisotopic (exact) mass is 349 g/mol. The molecular weight excluding hydrogens is 322 g/mol. The van der Waals surface area contributed by atoms with Crippen molar-refractivity contribution in [3.8, 4) is 0 Å². The number of unbranched alkanes of at least 4 members (excludes halogenated alkanes) is 1. The van der Waals surface area contributed by atoms with Gasteiger partial charge in [0.05, 0.1) is 6.54 Å². The number of hydrogen-bond donors (Lipinski definition) is 1. The molecule has 2 aliphatic rings. The van der Waals surface area contributed by atoms with E-state index in [2.05, 4.69) is 32.7 Å². The quantitative estimate of drug-likeness (QED) is 0.757. The standard InChI is InChI=1S/C16H27N7O2/c1-4-5-9-23-13(18-19-20-23)11-22-8-6-7-12(10-22)16(2)14(24)21(3)15(25)17-16/h12H,4-11H2,1-3H3,(H,17,25). The van der Waals surface area contributed by atoms with Gasteiger partial charge in [0.1, 0.15) is 5.54 Å². The number of hydrogen-bond acceptors (Lipinski definition) is 6.